The number of hydrogen-bond acceptors (Lipinski definition) is 6. The molecule has 0 aliphatic carbocycles. The summed E-state index contributed by atoms with van der Waals surface area (Å²) in [5.41, 5.74) is 3.08. The second-order valence-corrected chi connectivity index (χ2v) is 7.17. The van der Waals surface area contributed by atoms with Gasteiger partial charge in [0.2, 0.25) is 5.89 Å². The Morgan fingerprint density at radius 1 is 0.933 bits per heavy atom. The number of aromatic nitrogens is 2. The highest BCUT2D eigenvalue weighted by Crippen LogP contribution is 2.26. The molecule has 1 amide bonds. The van der Waals surface area contributed by atoms with Crippen LogP contribution in [0.4, 0.5) is 11.4 Å². The third-order valence-corrected chi connectivity index (χ3v) is 5.10. The van der Waals surface area contributed by atoms with Crippen molar-refractivity contribution >= 4 is 17.3 Å². The minimum Gasteiger partial charge on any atom is -0.459 e. The third kappa shape index (κ3) is 3.69. The summed E-state index contributed by atoms with van der Waals surface area (Å²) in [5.74, 6) is 1.02. The van der Waals surface area contributed by atoms with Crippen molar-refractivity contribution in [1.82, 2.24) is 10.2 Å². The first-order valence-electron chi connectivity index (χ1n) is 9.90. The van der Waals surface area contributed by atoms with E-state index in [4.69, 9.17) is 8.83 Å². The van der Waals surface area contributed by atoms with Gasteiger partial charge in [0.1, 0.15) is 0 Å². The zero-order valence-corrected chi connectivity index (χ0v) is 16.2. The van der Waals surface area contributed by atoms with Gasteiger partial charge in [-0.15, -0.1) is 10.2 Å². The van der Waals surface area contributed by atoms with Crippen molar-refractivity contribution in [2.75, 3.05) is 23.3 Å². The van der Waals surface area contributed by atoms with Crippen molar-refractivity contribution in [1.29, 1.82) is 0 Å². The second kappa shape index (κ2) is 7.87. The molecular formula is C23H20N4O3. The average Bonchev–Trinajstić information content (AvgIpc) is 3.56. The first-order chi connectivity index (χ1) is 14.8. The summed E-state index contributed by atoms with van der Waals surface area (Å²) in [6.45, 7) is 2.08. The molecule has 3 heterocycles. The van der Waals surface area contributed by atoms with Crippen LogP contribution >= 0.6 is 0 Å². The lowest BCUT2D eigenvalue weighted by Crippen LogP contribution is -2.19. The molecule has 4 aromatic rings. The maximum Gasteiger partial charge on any atom is 0.283 e. The van der Waals surface area contributed by atoms with Crippen LogP contribution < -0.4 is 10.2 Å². The van der Waals surface area contributed by atoms with E-state index in [2.05, 4.69) is 26.5 Å². The third-order valence-electron chi connectivity index (χ3n) is 5.10. The van der Waals surface area contributed by atoms with Crippen LogP contribution in [0.3, 0.4) is 0 Å². The number of furan rings is 1. The Labute approximate surface area is 173 Å². The van der Waals surface area contributed by atoms with E-state index in [-0.39, 0.29) is 5.91 Å². The molecule has 5 rings (SSSR count). The lowest BCUT2D eigenvalue weighted by molar-refractivity contribution is 0.102. The van der Waals surface area contributed by atoms with E-state index in [1.165, 1.54) is 12.8 Å². The van der Waals surface area contributed by atoms with Gasteiger partial charge in [-0.25, -0.2) is 0 Å². The summed E-state index contributed by atoms with van der Waals surface area (Å²) in [4.78, 5) is 15.1. The van der Waals surface area contributed by atoms with E-state index >= 15 is 0 Å². The number of nitrogens with zero attached hydrogens (tertiary/aromatic N) is 3. The Balaban J connectivity index is 1.34. The lowest BCUT2D eigenvalue weighted by Gasteiger charge is -2.18. The van der Waals surface area contributed by atoms with Gasteiger partial charge in [-0.3, -0.25) is 4.79 Å². The zero-order valence-electron chi connectivity index (χ0n) is 16.2. The maximum absolute atomic E-state index is 12.8. The van der Waals surface area contributed by atoms with Crippen LogP contribution in [-0.4, -0.2) is 29.2 Å². The highest BCUT2D eigenvalue weighted by molar-refractivity contribution is 6.05. The van der Waals surface area contributed by atoms with Crippen molar-refractivity contribution in [2.45, 2.75) is 12.8 Å². The monoisotopic (exact) mass is 400 g/mol. The van der Waals surface area contributed by atoms with Gasteiger partial charge in [0.25, 0.3) is 11.8 Å². The normalized spacial score (nSPS) is 13.5. The highest BCUT2D eigenvalue weighted by Gasteiger charge is 2.16. The van der Waals surface area contributed by atoms with Gasteiger partial charge in [-0.05, 0) is 61.4 Å². The molecule has 30 heavy (non-hydrogen) atoms. The summed E-state index contributed by atoms with van der Waals surface area (Å²) in [7, 11) is 0. The van der Waals surface area contributed by atoms with Gasteiger partial charge in [-0.1, -0.05) is 12.1 Å². The molecule has 0 atom stereocenters. The smallest absolute Gasteiger partial charge is 0.283 e. The molecular weight excluding hydrogens is 380 g/mol. The number of benzene rings is 2. The molecule has 7 nitrogen and oxygen atoms in total. The van der Waals surface area contributed by atoms with Gasteiger partial charge in [-0.2, -0.15) is 0 Å². The summed E-state index contributed by atoms with van der Waals surface area (Å²) in [6.07, 6.45) is 3.94. The Kier molecular flexibility index (Phi) is 4.77. The van der Waals surface area contributed by atoms with Crippen LogP contribution in [0.15, 0.2) is 75.8 Å². The van der Waals surface area contributed by atoms with Gasteiger partial charge >= 0.3 is 0 Å². The van der Waals surface area contributed by atoms with Crippen LogP contribution in [0.25, 0.3) is 23.1 Å². The van der Waals surface area contributed by atoms with Gasteiger partial charge in [0, 0.05) is 35.6 Å². The fourth-order valence-electron chi connectivity index (χ4n) is 3.59. The molecule has 0 radical (unpaired) electrons. The largest absolute Gasteiger partial charge is 0.459 e. The van der Waals surface area contributed by atoms with Crippen molar-refractivity contribution in [3.05, 3.63) is 72.5 Å². The van der Waals surface area contributed by atoms with Crippen molar-refractivity contribution < 1.29 is 13.6 Å². The fraction of sp³-hybridized carbons (Fsp3) is 0.174. The summed E-state index contributed by atoms with van der Waals surface area (Å²) in [5, 5.41) is 11.1. The minimum atomic E-state index is -0.157. The molecule has 1 aliphatic heterocycles. The standard InChI is InChI=1S/C23H20N4O3/c28-21(16-6-4-9-19(15-16)27-11-1-2-12-27)24-18-8-3-7-17(14-18)22-25-26-23(30-22)20-10-5-13-29-20/h3-10,13-15H,1-2,11-12H2,(H,24,28). The molecule has 0 saturated carbocycles. The van der Waals surface area contributed by atoms with E-state index in [0.717, 1.165) is 18.8 Å². The lowest BCUT2D eigenvalue weighted by atomic mass is 10.1. The quantitative estimate of drug-likeness (QED) is 0.516. The summed E-state index contributed by atoms with van der Waals surface area (Å²) >= 11 is 0. The fourth-order valence-corrected chi connectivity index (χ4v) is 3.59. The van der Waals surface area contributed by atoms with E-state index < -0.39 is 0 Å². The van der Waals surface area contributed by atoms with Crippen molar-refractivity contribution in [2.24, 2.45) is 0 Å². The van der Waals surface area contributed by atoms with E-state index in [0.29, 0.717) is 34.4 Å². The highest BCUT2D eigenvalue weighted by atomic mass is 16.4. The molecule has 1 saturated heterocycles. The predicted octanol–water partition coefficient (Wildman–Crippen LogP) is 4.85. The Morgan fingerprint density at radius 2 is 1.77 bits per heavy atom. The van der Waals surface area contributed by atoms with E-state index in [9.17, 15) is 4.79 Å². The topological polar surface area (TPSA) is 84.4 Å². The first-order valence-corrected chi connectivity index (χ1v) is 9.90. The van der Waals surface area contributed by atoms with Crippen LogP contribution in [-0.2, 0) is 0 Å². The van der Waals surface area contributed by atoms with Gasteiger partial charge in [0.15, 0.2) is 5.76 Å². The second-order valence-electron chi connectivity index (χ2n) is 7.17. The number of carbonyl (C=O) groups excluding carboxylic acids is 1. The van der Waals surface area contributed by atoms with E-state index in [1.807, 2.05) is 42.5 Å². The SMILES string of the molecule is O=C(Nc1cccc(-c2nnc(-c3ccco3)o2)c1)c1cccc(N2CCCC2)c1. The zero-order chi connectivity index (χ0) is 20.3. The van der Waals surface area contributed by atoms with Gasteiger partial charge in [0.05, 0.1) is 6.26 Å². The van der Waals surface area contributed by atoms with Crippen LogP contribution in [0.1, 0.15) is 23.2 Å². The molecule has 0 spiro atoms. The molecule has 1 fully saturated rings. The Bertz CT molecular complexity index is 1160. The predicted molar refractivity (Wildman–Crippen MR) is 113 cm³/mol. The molecule has 1 aliphatic rings. The molecule has 0 bridgehead atoms. The Morgan fingerprint density at radius 3 is 2.60 bits per heavy atom. The summed E-state index contributed by atoms with van der Waals surface area (Å²) in [6, 6.07) is 18.6. The molecule has 0 unspecified atom stereocenters. The molecule has 2 aromatic heterocycles. The van der Waals surface area contributed by atoms with Crippen LogP contribution in [0.5, 0.6) is 0 Å². The van der Waals surface area contributed by atoms with Crippen LogP contribution in [0, 0.1) is 0 Å². The van der Waals surface area contributed by atoms with Gasteiger partial charge < -0.3 is 19.1 Å². The number of amides is 1. The average molecular weight is 400 g/mol. The number of nitrogens with one attached hydrogen (secondary N) is 1. The minimum absolute atomic E-state index is 0.157. The van der Waals surface area contributed by atoms with Crippen molar-refractivity contribution in [3.63, 3.8) is 0 Å². The number of rotatable bonds is 5. The van der Waals surface area contributed by atoms with E-state index in [1.54, 1.807) is 18.4 Å². The Hall–Kier alpha value is -3.87. The molecule has 2 aromatic carbocycles. The molecule has 1 N–H and O–H groups in total. The molecule has 7 heteroatoms. The number of hydrogen-bond donors (Lipinski definition) is 1. The van der Waals surface area contributed by atoms with Crippen molar-refractivity contribution in [3.8, 4) is 23.1 Å². The number of carbonyl (C=O) groups is 1. The first kappa shape index (κ1) is 18.2. The maximum atomic E-state index is 12.8. The number of anilines is 2. The van der Waals surface area contributed by atoms with Crippen LogP contribution in [0.2, 0.25) is 0 Å². The summed E-state index contributed by atoms with van der Waals surface area (Å²) < 4.78 is 11.0. The molecule has 150 valence electrons.